The molecule has 33 heavy (non-hydrogen) atoms. The summed E-state index contributed by atoms with van der Waals surface area (Å²) in [5.74, 6) is -0.481. The normalized spacial score (nSPS) is 14.9. The lowest BCUT2D eigenvalue weighted by atomic mass is 10.1. The van der Waals surface area contributed by atoms with E-state index >= 15 is 0 Å². The Hall–Kier alpha value is -4.44. The predicted octanol–water partition coefficient (Wildman–Crippen LogP) is 3.92. The molecule has 0 atom stereocenters. The summed E-state index contributed by atoms with van der Waals surface area (Å²) >= 11 is 5.21. The Morgan fingerprint density at radius 3 is 2.52 bits per heavy atom. The van der Waals surface area contributed by atoms with Crippen molar-refractivity contribution in [2.75, 3.05) is 4.90 Å². The van der Waals surface area contributed by atoms with Crippen molar-refractivity contribution in [1.82, 2.24) is 10.3 Å². The van der Waals surface area contributed by atoms with E-state index < -0.39 is 16.7 Å². The summed E-state index contributed by atoms with van der Waals surface area (Å²) in [7, 11) is 0. The molecule has 1 saturated heterocycles. The maximum atomic E-state index is 13.1. The predicted molar refractivity (Wildman–Crippen MR) is 125 cm³/mol. The first-order valence-electron chi connectivity index (χ1n) is 9.68. The molecule has 2 heterocycles. The van der Waals surface area contributed by atoms with Gasteiger partial charge in [0.1, 0.15) is 17.5 Å². The summed E-state index contributed by atoms with van der Waals surface area (Å²) in [5, 5.41) is 13.3. The second kappa shape index (κ2) is 8.97. The van der Waals surface area contributed by atoms with Crippen LogP contribution in [0.1, 0.15) is 11.1 Å². The van der Waals surface area contributed by atoms with Crippen LogP contribution in [-0.4, -0.2) is 26.8 Å². The highest BCUT2D eigenvalue weighted by atomic mass is 32.1. The zero-order valence-electron chi connectivity index (χ0n) is 17.2. The smallest absolute Gasteiger partial charge is 0.287 e. The summed E-state index contributed by atoms with van der Waals surface area (Å²) in [6, 6.07) is 16.5. The number of nitrogens with one attached hydrogen (secondary N) is 1. The molecule has 10 heteroatoms. The molecular weight excluding hydrogens is 444 g/mol. The van der Waals surface area contributed by atoms with Gasteiger partial charge in [-0.15, -0.1) is 0 Å². The third-order valence-electron chi connectivity index (χ3n) is 4.71. The summed E-state index contributed by atoms with van der Waals surface area (Å²) in [6.45, 7) is 1.89. The summed E-state index contributed by atoms with van der Waals surface area (Å²) in [4.78, 5) is 40.9. The molecule has 4 rings (SSSR count). The number of anilines is 1. The van der Waals surface area contributed by atoms with Gasteiger partial charge in [-0.3, -0.25) is 29.9 Å². The Labute approximate surface area is 193 Å². The number of carbonyl (C=O) groups excluding carboxylic acids is 2. The van der Waals surface area contributed by atoms with Crippen LogP contribution < -0.4 is 15.0 Å². The van der Waals surface area contributed by atoms with E-state index in [-0.39, 0.29) is 22.3 Å². The van der Waals surface area contributed by atoms with Gasteiger partial charge in [-0.1, -0.05) is 24.3 Å². The van der Waals surface area contributed by atoms with Crippen LogP contribution in [0.4, 0.5) is 11.4 Å². The number of benzene rings is 2. The zero-order chi connectivity index (χ0) is 23.5. The van der Waals surface area contributed by atoms with Gasteiger partial charge < -0.3 is 4.74 Å². The fourth-order valence-electron chi connectivity index (χ4n) is 3.12. The van der Waals surface area contributed by atoms with Crippen LogP contribution in [0, 0.1) is 17.0 Å². The van der Waals surface area contributed by atoms with Gasteiger partial charge in [0.05, 0.1) is 10.6 Å². The number of aromatic nitrogens is 1. The fraction of sp³-hybridized carbons (Fsp3) is 0.0435. The van der Waals surface area contributed by atoms with Crippen molar-refractivity contribution < 1.29 is 19.2 Å². The molecule has 0 saturated carbocycles. The Morgan fingerprint density at radius 2 is 1.88 bits per heavy atom. The van der Waals surface area contributed by atoms with Gasteiger partial charge in [-0.2, -0.15) is 0 Å². The topological polar surface area (TPSA) is 115 Å². The minimum absolute atomic E-state index is 0.0205. The molecule has 3 aromatic rings. The lowest BCUT2D eigenvalue weighted by Gasteiger charge is -2.29. The van der Waals surface area contributed by atoms with Crippen molar-refractivity contribution in [2.24, 2.45) is 0 Å². The molecule has 1 aliphatic heterocycles. The van der Waals surface area contributed by atoms with E-state index in [1.807, 2.05) is 13.0 Å². The molecule has 164 valence electrons. The Bertz CT molecular complexity index is 1300. The van der Waals surface area contributed by atoms with E-state index in [9.17, 15) is 19.7 Å². The molecule has 1 N–H and O–H groups in total. The molecule has 0 bridgehead atoms. The lowest BCUT2D eigenvalue weighted by Crippen LogP contribution is -2.54. The molecular formula is C23H16N4O5S. The van der Waals surface area contributed by atoms with E-state index in [1.54, 1.807) is 42.5 Å². The summed E-state index contributed by atoms with van der Waals surface area (Å²) in [6.07, 6.45) is 2.57. The first kappa shape index (κ1) is 21.8. The Morgan fingerprint density at radius 1 is 1.12 bits per heavy atom. The molecule has 1 aromatic heterocycles. The van der Waals surface area contributed by atoms with E-state index in [4.69, 9.17) is 17.0 Å². The highest BCUT2D eigenvalue weighted by Crippen LogP contribution is 2.25. The Kier molecular flexibility index (Phi) is 5.92. The molecule has 2 amide bonds. The number of nitrogens with zero attached hydrogens (tertiary/aromatic N) is 3. The SMILES string of the molecule is Cc1cccc(N2C(=O)/C(=C/c3ccc(Oc4ccc([N+](=O)[O-])cn4)cc3)C(=O)NC2=S)c1. The van der Waals surface area contributed by atoms with Crippen molar-refractivity contribution in [3.8, 4) is 11.6 Å². The van der Waals surface area contributed by atoms with Crippen LogP contribution in [0.3, 0.4) is 0 Å². The number of ether oxygens (including phenoxy) is 1. The molecule has 1 aliphatic rings. The van der Waals surface area contributed by atoms with Crippen molar-refractivity contribution in [2.45, 2.75) is 6.92 Å². The zero-order valence-corrected chi connectivity index (χ0v) is 18.0. The van der Waals surface area contributed by atoms with Gasteiger partial charge in [0, 0.05) is 12.1 Å². The third-order valence-corrected chi connectivity index (χ3v) is 4.99. The number of aryl methyl sites for hydroxylation is 1. The third kappa shape index (κ3) is 4.75. The van der Waals surface area contributed by atoms with E-state index in [2.05, 4.69) is 10.3 Å². The number of rotatable bonds is 5. The molecule has 2 aromatic carbocycles. The van der Waals surface area contributed by atoms with Crippen molar-refractivity contribution in [1.29, 1.82) is 0 Å². The van der Waals surface area contributed by atoms with Gasteiger partial charge >= 0.3 is 0 Å². The number of thiocarbonyl (C=S) groups is 1. The minimum atomic E-state index is -0.579. The number of nitro groups is 1. The van der Waals surface area contributed by atoms with Crippen molar-refractivity contribution in [3.05, 3.63) is 93.7 Å². The average Bonchev–Trinajstić information content (AvgIpc) is 2.78. The second-order valence-electron chi connectivity index (χ2n) is 7.08. The highest BCUT2D eigenvalue weighted by Gasteiger charge is 2.34. The van der Waals surface area contributed by atoms with Crippen molar-refractivity contribution >= 4 is 46.6 Å². The van der Waals surface area contributed by atoms with Crippen LogP contribution >= 0.6 is 12.2 Å². The monoisotopic (exact) mass is 460 g/mol. The Balaban J connectivity index is 1.54. The molecule has 0 aliphatic carbocycles. The number of hydrogen-bond acceptors (Lipinski definition) is 7. The van der Waals surface area contributed by atoms with E-state index in [0.29, 0.717) is 17.0 Å². The lowest BCUT2D eigenvalue weighted by molar-refractivity contribution is -0.385. The van der Waals surface area contributed by atoms with Gasteiger partial charge in [0.2, 0.25) is 5.88 Å². The average molecular weight is 460 g/mol. The fourth-order valence-corrected chi connectivity index (χ4v) is 3.40. The molecule has 9 nitrogen and oxygen atoms in total. The van der Waals surface area contributed by atoms with Crippen LogP contribution in [0.15, 0.2) is 72.4 Å². The molecule has 0 spiro atoms. The summed E-state index contributed by atoms with van der Waals surface area (Å²) < 4.78 is 5.57. The standard InChI is InChI=1S/C23H16N4O5S/c1-14-3-2-4-16(11-14)26-22(29)19(21(28)25-23(26)33)12-15-5-8-18(9-6-15)32-20-10-7-17(13-24-20)27(30)31/h2-13H,1H3,(H,25,28,33)/b19-12+. The van der Waals surface area contributed by atoms with Crippen molar-refractivity contribution in [3.63, 3.8) is 0 Å². The second-order valence-corrected chi connectivity index (χ2v) is 7.47. The van der Waals surface area contributed by atoms with Crippen LogP contribution in [-0.2, 0) is 9.59 Å². The number of amides is 2. The van der Waals surface area contributed by atoms with Gasteiger partial charge in [-0.25, -0.2) is 4.98 Å². The number of pyridine rings is 1. The minimum Gasteiger partial charge on any atom is -0.439 e. The summed E-state index contributed by atoms with van der Waals surface area (Å²) in [5.41, 5.74) is 1.91. The first-order valence-corrected chi connectivity index (χ1v) is 10.1. The van der Waals surface area contributed by atoms with Gasteiger partial charge in [-0.05, 0) is 60.6 Å². The first-order chi connectivity index (χ1) is 15.8. The molecule has 1 fully saturated rings. The largest absolute Gasteiger partial charge is 0.439 e. The van der Waals surface area contributed by atoms with E-state index in [0.717, 1.165) is 11.8 Å². The van der Waals surface area contributed by atoms with E-state index in [1.165, 1.54) is 23.1 Å². The van der Waals surface area contributed by atoms with Crippen LogP contribution in [0.5, 0.6) is 11.6 Å². The van der Waals surface area contributed by atoms with Gasteiger partial charge in [0.15, 0.2) is 5.11 Å². The highest BCUT2D eigenvalue weighted by molar-refractivity contribution is 7.80. The van der Waals surface area contributed by atoms with Crippen LogP contribution in [0.25, 0.3) is 6.08 Å². The quantitative estimate of drug-likeness (QED) is 0.202. The van der Waals surface area contributed by atoms with Gasteiger partial charge in [0.25, 0.3) is 17.5 Å². The molecule has 0 unspecified atom stereocenters. The maximum absolute atomic E-state index is 13.1. The van der Waals surface area contributed by atoms with Crippen LogP contribution in [0.2, 0.25) is 0 Å². The number of hydrogen-bond donors (Lipinski definition) is 1. The number of carbonyl (C=O) groups is 2. The maximum Gasteiger partial charge on any atom is 0.287 e. The molecule has 0 radical (unpaired) electrons.